The highest BCUT2D eigenvalue weighted by atomic mass is 16.5. The molecule has 1 aromatic rings. The minimum absolute atomic E-state index is 0.145. The molecule has 2 rings (SSSR count). The highest BCUT2D eigenvalue weighted by Crippen LogP contribution is 2.44. The fourth-order valence-corrected chi connectivity index (χ4v) is 2.40. The summed E-state index contributed by atoms with van der Waals surface area (Å²) >= 11 is 0. The van der Waals surface area contributed by atoms with Crippen molar-refractivity contribution in [1.29, 1.82) is 0 Å². The molecule has 0 amide bonds. The zero-order chi connectivity index (χ0) is 13.9. The Kier molecular flexibility index (Phi) is 3.88. The van der Waals surface area contributed by atoms with E-state index in [0.717, 1.165) is 12.2 Å². The SMILES string of the molecule is CCOc1ccc(C(=O)C2(C(=O)OC)CCC2)cc1. The first-order valence-electron chi connectivity index (χ1n) is 6.50. The van der Waals surface area contributed by atoms with Gasteiger partial charge in [0.05, 0.1) is 13.7 Å². The van der Waals surface area contributed by atoms with Gasteiger partial charge in [0, 0.05) is 5.56 Å². The molecule has 0 heterocycles. The van der Waals surface area contributed by atoms with E-state index in [-0.39, 0.29) is 5.78 Å². The largest absolute Gasteiger partial charge is 0.494 e. The first-order chi connectivity index (χ1) is 9.14. The fourth-order valence-electron chi connectivity index (χ4n) is 2.40. The van der Waals surface area contributed by atoms with E-state index in [1.165, 1.54) is 7.11 Å². The lowest BCUT2D eigenvalue weighted by molar-refractivity contribution is -0.153. The Morgan fingerprint density at radius 2 is 1.84 bits per heavy atom. The zero-order valence-electron chi connectivity index (χ0n) is 11.3. The molecule has 0 aromatic heterocycles. The quantitative estimate of drug-likeness (QED) is 0.465. The van der Waals surface area contributed by atoms with Crippen molar-refractivity contribution in [2.75, 3.05) is 13.7 Å². The van der Waals surface area contributed by atoms with Gasteiger partial charge in [0.1, 0.15) is 11.2 Å². The van der Waals surface area contributed by atoms with Gasteiger partial charge in [-0.05, 0) is 44.0 Å². The molecule has 1 aromatic carbocycles. The number of hydrogen-bond acceptors (Lipinski definition) is 4. The van der Waals surface area contributed by atoms with Crippen molar-refractivity contribution in [1.82, 2.24) is 0 Å². The van der Waals surface area contributed by atoms with Gasteiger partial charge >= 0.3 is 5.97 Å². The van der Waals surface area contributed by atoms with Gasteiger partial charge in [-0.25, -0.2) is 0 Å². The Morgan fingerprint density at radius 1 is 1.21 bits per heavy atom. The summed E-state index contributed by atoms with van der Waals surface area (Å²) in [6, 6.07) is 6.91. The molecule has 19 heavy (non-hydrogen) atoms. The van der Waals surface area contributed by atoms with Gasteiger partial charge in [-0.15, -0.1) is 0 Å². The predicted octanol–water partition coefficient (Wildman–Crippen LogP) is 2.61. The van der Waals surface area contributed by atoms with E-state index in [4.69, 9.17) is 9.47 Å². The average Bonchev–Trinajstić information content (AvgIpc) is 2.38. The van der Waals surface area contributed by atoms with E-state index in [0.29, 0.717) is 25.0 Å². The van der Waals surface area contributed by atoms with Gasteiger partial charge < -0.3 is 9.47 Å². The first kappa shape index (κ1) is 13.6. The Morgan fingerprint density at radius 3 is 2.26 bits per heavy atom. The summed E-state index contributed by atoms with van der Waals surface area (Å²) in [4.78, 5) is 24.3. The van der Waals surface area contributed by atoms with Crippen molar-refractivity contribution in [3.63, 3.8) is 0 Å². The second-order valence-electron chi connectivity index (χ2n) is 4.71. The third kappa shape index (κ3) is 2.35. The van der Waals surface area contributed by atoms with E-state index in [1.54, 1.807) is 24.3 Å². The van der Waals surface area contributed by atoms with Crippen LogP contribution in [0.4, 0.5) is 0 Å². The third-order valence-electron chi connectivity index (χ3n) is 3.65. The van der Waals surface area contributed by atoms with Crippen molar-refractivity contribution < 1.29 is 19.1 Å². The van der Waals surface area contributed by atoms with Gasteiger partial charge in [0.2, 0.25) is 0 Å². The van der Waals surface area contributed by atoms with Crippen LogP contribution in [-0.4, -0.2) is 25.5 Å². The van der Waals surface area contributed by atoms with Crippen molar-refractivity contribution in [2.24, 2.45) is 5.41 Å². The van der Waals surface area contributed by atoms with Crippen LogP contribution in [0, 0.1) is 5.41 Å². The lowest BCUT2D eigenvalue weighted by Crippen LogP contribution is -2.45. The molecule has 1 fully saturated rings. The number of ether oxygens (including phenoxy) is 2. The lowest BCUT2D eigenvalue weighted by Gasteiger charge is -2.37. The molecule has 0 unspecified atom stereocenters. The van der Waals surface area contributed by atoms with Crippen LogP contribution in [0.5, 0.6) is 5.75 Å². The molecular formula is C15H18O4. The molecule has 102 valence electrons. The first-order valence-corrected chi connectivity index (χ1v) is 6.50. The number of rotatable bonds is 5. The summed E-state index contributed by atoms with van der Waals surface area (Å²) in [5.41, 5.74) is -0.421. The number of benzene rings is 1. The van der Waals surface area contributed by atoms with E-state index >= 15 is 0 Å². The van der Waals surface area contributed by atoms with Crippen LogP contribution in [0.3, 0.4) is 0 Å². The molecule has 0 radical (unpaired) electrons. The molecule has 1 aliphatic rings. The molecule has 0 aliphatic heterocycles. The topological polar surface area (TPSA) is 52.6 Å². The molecule has 1 aliphatic carbocycles. The van der Waals surface area contributed by atoms with E-state index in [9.17, 15) is 9.59 Å². The Hall–Kier alpha value is -1.84. The highest BCUT2D eigenvalue weighted by Gasteiger charge is 2.51. The van der Waals surface area contributed by atoms with Gasteiger partial charge in [0.15, 0.2) is 5.78 Å². The number of carbonyl (C=O) groups excluding carboxylic acids is 2. The van der Waals surface area contributed by atoms with Crippen LogP contribution in [0.25, 0.3) is 0 Å². The molecule has 0 spiro atoms. The second kappa shape index (κ2) is 5.43. The van der Waals surface area contributed by atoms with Crippen LogP contribution in [0.15, 0.2) is 24.3 Å². The van der Waals surface area contributed by atoms with Crippen LogP contribution in [-0.2, 0) is 9.53 Å². The summed E-state index contributed by atoms with van der Waals surface area (Å²) in [5, 5.41) is 0. The molecule has 1 saturated carbocycles. The Balaban J connectivity index is 2.21. The van der Waals surface area contributed by atoms with E-state index in [2.05, 4.69) is 0 Å². The normalized spacial score (nSPS) is 16.3. The van der Waals surface area contributed by atoms with Crippen LogP contribution in [0.2, 0.25) is 0 Å². The molecule has 4 nitrogen and oxygen atoms in total. The Bertz CT molecular complexity index is 471. The van der Waals surface area contributed by atoms with Gasteiger partial charge in [-0.3, -0.25) is 9.59 Å². The van der Waals surface area contributed by atoms with Crippen LogP contribution >= 0.6 is 0 Å². The van der Waals surface area contributed by atoms with Gasteiger partial charge in [0.25, 0.3) is 0 Å². The Labute approximate surface area is 112 Å². The third-order valence-corrected chi connectivity index (χ3v) is 3.65. The minimum atomic E-state index is -0.956. The second-order valence-corrected chi connectivity index (χ2v) is 4.71. The molecular weight excluding hydrogens is 244 g/mol. The number of hydrogen-bond donors (Lipinski definition) is 0. The number of methoxy groups -OCH3 is 1. The zero-order valence-corrected chi connectivity index (χ0v) is 11.3. The molecule has 0 N–H and O–H groups in total. The maximum Gasteiger partial charge on any atom is 0.319 e. The summed E-state index contributed by atoms with van der Waals surface area (Å²) in [5.74, 6) is 0.158. The fraction of sp³-hybridized carbons (Fsp3) is 0.467. The standard InChI is InChI=1S/C15H18O4/c1-3-19-12-7-5-11(6-8-12)13(16)15(9-4-10-15)14(17)18-2/h5-8H,3-4,9-10H2,1-2H3. The van der Waals surface area contributed by atoms with Crippen LogP contribution in [0.1, 0.15) is 36.5 Å². The molecule has 4 heteroatoms. The molecule has 0 saturated heterocycles. The maximum atomic E-state index is 12.5. The van der Waals surface area contributed by atoms with Crippen molar-refractivity contribution >= 4 is 11.8 Å². The number of ketones is 1. The minimum Gasteiger partial charge on any atom is -0.494 e. The van der Waals surface area contributed by atoms with E-state index in [1.807, 2.05) is 6.92 Å². The van der Waals surface area contributed by atoms with Crippen molar-refractivity contribution in [3.8, 4) is 5.75 Å². The van der Waals surface area contributed by atoms with Gasteiger partial charge in [-0.2, -0.15) is 0 Å². The van der Waals surface area contributed by atoms with E-state index < -0.39 is 11.4 Å². The van der Waals surface area contributed by atoms with Crippen molar-refractivity contribution in [2.45, 2.75) is 26.2 Å². The summed E-state index contributed by atoms with van der Waals surface area (Å²) in [6.45, 7) is 2.49. The summed E-state index contributed by atoms with van der Waals surface area (Å²) in [6.07, 6.45) is 2.04. The summed E-state index contributed by atoms with van der Waals surface area (Å²) < 4.78 is 10.1. The smallest absolute Gasteiger partial charge is 0.319 e. The lowest BCUT2D eigenvalue weighted by atomic mass is 9.64. The molecule has 0 bridgehead atoms. The monoisotopic (exact) mass is 262 g/mol. The molecule has 0 atom stereocenters. The number of Topliss-reactive ketones (excluding diaryl/α,β-unsaturated/α-hetero) is 1. The van der Waals surface area contributed by atoms with Crippen LogP contribution < -0.4 is 4.74 Å². The van der Waals surface area contributed by atoms with Crippen molar-refractivity contribution in [3.05, 3.63) is 29.8 Å². The predicted molar refractivity (Wildman–Crippen MR) is 70.2 cm³/mol. The maximum absolute atomic E-state index is 12.5. The average molecular weight is 262 g/mol. The number of esters is 1. The summed E-state index contributed by atoms with van der Waals surface area (Å²) in [7, 11) is 1.33. The highest BCUT2D eigenvalue weighted by molar-refractivity contribution is 6.13. The number of carbonyl (C=O) groups is 2. The van der Waals surface area contributed by atoms with Gasteiger partial charge in [-0.1, -0.05) is 6.42 Å².